The largest absolute Gasteiger partial charge is 0.455 e. The Balaban J connectivity index is 0.00000144. The van der Waals surface area contributed by atoms with Crippen molar-refractivity contribution < 1.29 is 24.9 Å². The van der Waals surface area contributed by atoms with Gasteiger partial charge < -0.3 is 25.8 Å². The molecule has 0 radical (unpaired) electrons. The van der Waals surface area contributed by atoms with E-state index in [9.17, 15) is 9.90 Å². The lowest BCUT2D eigenvalue weighted by Gasteiger charge is -2.17. The van der Waals surface area contributed by atoms with Gasteiger partial charge in [0.05, 0.1) is 6.61 Å². The van der Waals surface area contributed by atoms with Crippen molar-refractivity contribution in [2.45, 2.75) is 24.4 Å². The molecule has 1 aliphatic heterocycles. The smallest absolute Gasteiger partial charge is 0.326 e. The van der Waals surface area contributed by atoms with E-state index in [4.69, 9.17) is 15.9 Å². The molecule has 1 rings (SSSR count). The summed E-state index contributed by atoms with van der Waals surface area (Å²) in [7, 11) is 0. The number of carbonyl (C=O) groups is 1. The second kappa shape index (κ2) is 4.73. The van der Waals surface area contributed by atoms with Crippen molar-refractivity contribution in [1.82, 2.24) is 0 Å². The van der Waals surface area contributed by atoms with Crippen molar-refractivity contribution in [3.8, 4) is 0 Å². The quantitative estimate of drug-likeness (QED) is 0.374. The fourth-order valence-electron chi connectivity index (χ4n) is 1.04. The molecule has 6 nitrogen and oxygen atoms in total. The number of aliphatic hydroxyl groups is 3. The number of halogens is 1. The minimum Gasteiger partial charge on any atom is -0.455 e. The van der Waals surface area contributed by atoms with Crippen molar-refractivity contribution in [1.29, 1.82) is 0 Å². The van der Waals surface area contributed by atoms with Crippen LogP contribution in [-0.4, -0.2) is 52.2 Å². The summed E-state index contributed by atoms with van der Waals surface area (Å²) in [5, 5.41) is 26.7. The van der Waals surface area contributed by atoms with E-state index in [2.05, 4.69) is 4.74 Å². The molecular weight excluding hydrogens is 202 g/mol. The van der Waals surface area contributed by atoms with Gasteiger partial charge in [0, 0.05) is 0 Å². The van der Waals surface area contributed by atoms with Gasteiger partial charge >= 0.3 is 5.97 Å². The third-order valence-electron chi connectivity index (χ3n) is 1.80. The van der Waals surface area contributed by atoms with Gasteiger partial charge in [-0.1, -0.05) is 0 Å². The summed E-state index contributed by atoms with van der Waals surface area (Å²) in [5.74, 6) is -0.764. The topological polar surface area (TPSA) is 113 Å². The molecule has 0 aromatic rings. The average molecular weight is 214 g/mol. The van der Waals surface area contributed by atoms with Gasteiger partial charge in [-0.15, -0.1) is 12.4 Å². The highest BCUT2D eigenvalue weighted by Gasteiger charge is 2.44. The van der Waals surface area contributed by atoms with Crippen molar-refractivity contribution in [2.24, 2.45) is 5.73 Å². The molecule has 5 N–H and O–H groups in total. The lowest BCUT2D eigenvalue weighted by atomic mass is 10.1. The van der Waals surface area contributed by atoms with Crippen LogP contribution < -0.4 is 5.73 Å². The Morgan fingerprint density at radius 2 is 2.15 bits per heavy atom. The van der Waals surface area contributed by atoms with E-state index in [1.54, 1.807) is 0 Å². The maximum Gasteiger partial charge on any atom is 0.326 e. The number of rotatable bonds is 2. The van der Waals surface area contributed by atoms with E-state index in [1.807, 2.05) is 0 Å². The Hall–Kier alpha value is -0.400. The van der Waals surface area contributed by atoms with E-state index in [0.29, 0.717) is 0 Å². The molecule has 1 fully saturated rings. The Morgan fingerprint density at radius 1 is 1.62 bits per heavy atom. The van der Waals surface area contributed by atoms with Gasteiger partial charge in [-0.2, -0.15) is 0 Å². The first-order valence-corrected chi connectivity index (χ1v) is 3.51. The third kappa shape index (κ3) is 2.29. The van der Waals surface area contributed by atoms with Crippen LogP contribution in [-0.2, 0) is 9.53 Å². The number of carbonyl (C=O) groups excluding carboxylic acids is 1. The first-order valence-electron chi connectivity index (χ1n) is 3.51. The molecule has 0 spiro atoms. The fourth-order valence-corrected chi connectivity index (χ4v) is 1.04. The van der Waals surface area contributed by atoms with Gasteiger partial charge in [0.25, 0.3) is 0 Å². The lowest BCUT2D eigenvalue weighted by Crippen LogP contribution is -2.43. The summed E-state index contributed by atoms with van der Waals surface area (Å²) >= 11 is 0. The summed E-state index contributed by atoms with van der Waals surface area (Å²) in [6, 6.07) is -1.13. The Bertz CT molecular complexity index is 190. The van der Waals surface area contributed by atoms with Crippen LogP contribution in [0.2, 0.25) is 0 Å². The van der Waals surface area contributed by atoms with E-state index in [1.165, 1.54) is 0 Å². The van der Waals surface area contributed by atoms with Gasteiger partial charge in [-0.3, -0.25) is 4.79 Å². The zero-order valence-corrected chi connectivity index (χ0v) is 7.48. The standard InChI is InChI=1S/C6H11NO5.ClH/c7-3-4(10)5(2(9)1-8)12-6(3)11;/h2-5,8-10H,1,7H2;1H. The van der Waals surface area contributed by atoms with Crippen LogP contribution in [0.4, 0.5) is 0 Å². The molecule has 4 unspecified atom stereocenters. The van der Waals surface area contributed by atoms with Gasteiger partial charge in [0.2, 0.25) is 0 Å². The highest BCUT2D eigenvalue weighted by molar-refractivity contribution is 5.85. The fraction of sp³-hybridized carbons (Fsp3) is 0.833. The first kappa shape index (κ1) is 12.6. The van der Waals surface area contributed by atoms with Crippen molar-refractivity contribution in [2.75, 3.05) is 6.61 Å². The van der Waals surface area contributed by atoms with Gasteiger partial charge in [-0.25, -0.2) is 0 Å². The zero-order valence-electron chi connectivity index (χ0n) is 6.66. The van der Waals surface area contributed by atoms with Gasteiger partial charge in [0.1, 0.15) is 18.2 Å². The van der Waals surface area contributed by atoms with Crippen LogP contribution in [0.15, 0.2) is 0 Å². The van der Waals surface area contributed by atoms with Crippen molar-refractivity contribution in [3.63, 3.8) is 0 Å². The van der Waals surface area contributed by atoms with Gasteiger partial charge in [0.15, 0.2) is 6.10 Å². The first-order chi connectivity index (χ1) is 5.57. The van der Waals surface area contributed by atoms with E-state index < -0.39 is 36.9 Å². The lowest BCUT2D eigenvalue weighted by molar-refractivity contribution is -0.148. The van der Waals surface area contributed by atoms with Crippen LogP contribution in [0.25, 0.3) is 0 Å². The number of ether oxygens (including phenoxy) is 1. The highest BCUT2D eigenvalue weighted by atomic mass is 35.5. The Labute approximate surface area is 80.7 Å². The molecule has 1 heterocycles. The molecule has 0 aromatic heterocycles. The summed E-state index contributed by atoms with van der Waals surface area (Å²) < 4.78 is 4.51. The normalized spacial score (nSPS) is 35.1. The number of hydrogen-bond donors (Lipinski definition) is 4. The van der Waals surface area contributed by atoms with Crippen molar-refractivity contribution in [3.05, 3.63) is 0 Å². The number of hydrogen-bond acceptors (Lipinski definition) is 6. The molecule has 0 saturated carbocycles. The molecule has 0 bridgehead atoms. The van der Waals surface area contributed by atoms with Crippen molar-refractivity contribution >= 4 is 18.4 Å². The van der Waals surface area contributed by atoms with E-state index in [-0.39, 0.29) is 12.4 Å². The highest BCUT2D eigenvalue weighted by Crippen LogP contribution is 2.17. The summed E-state index contributed by atoms with van der Waals surface area (Å²) in [6.07, 6.45) is -3.64. The molecule has 0 amide bonds. The average Bonchev–Trinajstić information content (AvgIpc) is 2.32. The van der Waals surface area contributed by atoms with E-state index in [0.717, 1.165) is 0 Å². The van der Waals surface area contributed by atoms with Gasteiger partial charge in [-0.05, 0) is 0 Å². The van der Waals surface area contributed by atoms with Crippen LogP contribution in [0, 0.1) is 0 Å². The minimum absolute atomic E-state index is 0. The summed E-state index contributed by atoms with van der Waals surface area (Å²) in [5.41, 5.74) is 5.19. The molecule has 0 aromatic carbocycles. The van der Waals surface area contributed by atoms with Crippen LogP contribution in [0.3, 0.4) is 0 Å². The number of esters is 1. The number of aliphatic hydroxyl groups excluding tert-OH is 3. The molecule has 0 aliphatic carbocycles. The molecule has 1 saturated heterocycles. The molecule has 7 heteroatoms. The Kier molecular flexibility index (Phi) is 4.58. The number of cyclic esters (lactones) is 1. The monoisotopic (exact) mass is 213 g/mol. The van der Waals surface area contributed by atoms with Crippen LogP contribution >= 0.6 is 12.4 Å². The second-order valence-corrected chi connectivity index (χ2v) is 2.67. The predicted octanol–water partition coefficient (Wildman–Crippen LogP) is -2.62. The number of nitrogens with two attached hydrogens (primary N) is 1. The molecule has 4 atom stereocenters. The Morgan fingerprint density at radius 3 is 2.46 bits per heavy atom. The maximum atomic E-state index is 10.7. The maximum absolute atomic E-state index is 10.7. The van der Waals surface area contributed by atoms with Crippen LogP contribution in [0.1, 0.15) is 0 Å². The molecule has 13 heavy (non-hydrogen) atoms. The zero-order chi connectivity index (χ0) is 9.30. The third-order valence-corrected chi connectivity index (χ3v) is 1.80. The second-order valence-electron chi connectivity index (χ2n) is 2.67. The molecular formula is C6H12ClNO5. The van der Waals surface area contributed by atoms with E-state index >= 15 is 0 Å². The molecule has 1 aliphatic rings. The summed E-state index contributed by atoms with van der Waals surface area (Å²) in [6.45, 7) is -0.582. The SMILES string of the molecule is Cl.NC1C(=O)OC(C(O)CO)C1O. The van der Waals surface area contributed by atoms with Crippen LogP contribution in [0.5, 0.6) is 0 Å². The minimum atomic E-state index is -1.28. The molecule has 78 valence electrons. The summed E-state index contributed by atoms with van der Waals surface area (Å²) in [4.78, 5) is 10.7. The predicted molar refractivity (Wildman–Crippen MR) is 44.2 cm³/mol.